The Hall–Kier alpha value is -3.28. The standard InChI is InChI=1S/C20H19FN4O/c1-3-25(17-6-4-5-14(2)11-17)20(26)18-12-23-19(13-22-18)24-16-9-7-15(21)8-10-16/h4-13H,3H2,1-2H3,(H,23,24). The highest BCUT2D eigenvalue weighted by molar-refractivity contribution is 6.04. The molecule has 0 aliphatic heterocycles. The lowest BCUT2D eigenvalue weighted by molar-refractivity contribution is 0.0983. The predicted molar refractivity (Wildman–Crippen MR) is 100 cm³/mol. The smallest absolute Gasteiger partial charge is 0.278 e. The summed E-state index contributed by atoms with van der Waals surface area (Å²) in [5.74, 6) is -0.0379. The van der Waals surface area contributed by atoms with Gasteiger partial charge in [-0.3, -0.25) is 4.79 Å². The molecule has 1 aromatic heterocycles. The Kier molecular flexibility index (Phi) is 5.22. The van der Waals surface area contributed by atoms with Crippen molar-refractivity contribution in [2.75, 3.05) is 16.8 Å². The average molecular weight is 350 g/mol. The molecule has 0 saturated heterocycles. The zero-order valence-corrected chi connectivity index (χ0v) is 14.6. The van der Waals surface area contributed by atoms with E-state index in [1.165, 1.54) is 24.5 Å². The van der Waals surface area contributed by atoms with Gasteiger partial charge in [-0.15, -0.1) is 0 Å². The lowest BCUT2D eigenvalue weighted by atomic mass is 10.2. The topological polar surface area (TPSA) is 58.1 Å². The molecule has 1 N–H and O–H groups in total. The summed E-state index contributed by atoms with van der Waals surface area (Å²) in [6.45, 7) is 4.43. The van der Waals surface area contributed by atoms with Crippen LogP contribution in [0.25, 0.3) is 0 Å². The van der Waals surface area contributed by atoms with Crippen LogP contribution in [-0.2, 0) is 0 Å². The molecular formula is C20H19FN4O. The van der Waals surface area contributed by atoms with Gasteiger partial charge in [-0.25, -0.2) is 14.4 Å². The van der Waals surface area contributed by atoms with Crippen molar-refractivity contribution in [3.05, 3.63) is 78.0 Å². The van der Waals surface area contributed by atoms with Crippen molar-refractivity contribution in [2.24, 2.45) is 0 Å². The first kappa shape index (κ1) is 17.5. The predicted octanol–water partition coefficient (Wildman–Crippen LogP) is 4.33. The van der Waals surface area contributed by atoms with E-state index in [1.807, 2.05) is 38.1 Å². The van der Waals surface area contributed by atoms with Crippen molar-refractivity contribution in [3.63, 3.8) is 0 Å². The Morgan fingerprint density at radius 3 is 2.50 bits per heavy atom. The average Bonchev–Trinajstić information content (AvgIpc) is 2.65. The number of rotatable bonds is 5. The van der Waals surface area contributed by atoms with Crippen molar-refractivity contribution < 1.29 is 9.18 Å². The second-order valence-electron chi connectivity index (χ2n) is 5.81. The third-order valence-electron chi connectivity index (χ3n) is 3.86. The van der Waals surface area contributed by atoms with Crippen LogP contribution >= 0.6 is 0 Å². The van der Waals surface area contributed by atoms with Gasteiger partial charge < -0.3 is 10.2 Å². The van der Waals surface area contributed by atoms with Crippen molar-refractivity contribution in [3.8, 4) is 0 Å². The number of carbonyl (C=O) groups excluding carboxylic acids is 1. The van der Waals surface area contributed by atoms with E-state index in [2.05, 4.69) is 15.3 Å². The molecule has 3 rings (SSSR count). The molecule has 0 aliphatic carbocycles. The zero-order chi connectivity index (χ0) is 18.5. The molecule has 3 aromatic rings. The van der Waals surface area contributed by atoms with Crippen LogP contribution in [0.15, 0.2) is 60.9 Å². The minimum absolute atomic E-state index is 0.209. The van der Waals surface area contributed by atoms with Crippen LogP contribution in [0.1, 0.15) is 23.0 Å². The zero-order valence-electron chi connectivity index (χ0n) is 14.6. The molecule has 1 heterocycles. The Balaban J connectivity index is 1.76. The number of aryl methyl sites for hydroxylation is 1. The Bertz CT molecular complexity index is 894. The summed E-state index contributed by atoms with van der Waals surface area (Å²) in [5, 5.41) is 3.01. The minimum atomic E-state index is -0.307. The summed E-state index contributed by atoms with van der Waals surface area (Å²) >= 11 is 0. The number of hydrogen-bond donors (Lipinski definition) is 1. The highest BCUT2D eigenvalue weighted by atomic mass is 19.1. The fraction of sp³-hybridized carbons (Fsp3) is 0.150. The molecule has 1 amide bonds. The minimum Gasteiger partial charge on any atom is -0.339 e. The first-order valence-corrected chi connectivity index (χ1v) is 8.30. The molecule has 0 fully saturated rings. The molecule has 5 nitrogen and oxygen atoms in total. The van der Waals surface area contributed by atoms with Gasteiger partial charge in [0.2, 0.25) is 0 Å². The lowest BCUT2D eigenvalue weighted by Crippen LogP contribution is -2.31. The van der Waals surface area contributed by atoms with E-state index in [-0.39, 0.29) is 17.4 Å². The summed E-state index contributed by atoms with van der Waals surface area (Å²) in [4.78, 5) is 22.9. The maximum atomic E-state index is 12.9. The number of carbonyl (C=O) groups is 1. The number of halogens is 1. The summed E-state index contributed by atoms with van der Waals surface area (Å²) in [5.41, 5.74) is 2.86. The highest BCUT2D eigenvalue weighted by Crippen LogP contribution is 2.19. The van der Waals surface area contributed by atoms with Crippen molar-refractivity contribution >= 4 is 23.1 Å². The number of benzene rings is 2. The van der Waals surface area contributed by atoms with Crippen LogP contribution in [0.5, 0.6) is 0 Å². The highest BCUT2D eigenvalue weighted by Gasteiger charge is 2.18. The number of anilines is 3. The summed E-state index contributed by atoms with van der Waals surface area (Å²) in [7, 11) is 0. The molecule has 0 saturated carbocycles. The molecular weight excluding hydrogens is 331 g/mol. The van der Waals surface area contributed by atoms with Crippen LogP contribution in [0.3, 0.4) is 0 Å². The lowest BCUT2D eigenvalue weighted by Gasteiger charge is -2.21. The number of nitrogens with one attached hydrogen (secondary N) is 1. The van der Waals surface area contributed by atoms with E-state index in [0.29, 0.717) is 18.1 Å². The van der Waals surface area contributed by atoms with Crippen LogP contribution in [-0.4, -0.2) is 22.4 Å². The molecule has 26 heavy (non-hydrogen) atoms. The normalized spacial score (nSPS) is 10.4. The summed E-state index contributed by atoms with van der Waals surface area (Å²) < 4.78 is 12.9. The molecule has 0 radical (unpaired) electrons. The van der Waals surface area contributed by atoms with Gasteiger partial charge >= 0.3 is 0 Å². The van der Waals surface area contributed by atoms with Gasteiger partial charge in [0.15, 0.2) is 0 Å². The van der Waals surface area contributed by atoms with E-state index >= 15 is 0 Å². The van der Waals surface area contributed by atoms with Crippen LogP contribution in [0, 0.1) is 12.7 Å². The Morgan fingerprint density at radius 2 is 1.88 bits per heavy atom. The van der Waals surface area contributed by atoms with Crippen LogP contribution in [0.2, 0.25) is 0 Å². The number of hydrogen-bond acceptors (Lipinski definition) is 4. The first-order chi connectivity index (χ1) is 12.6. The van der Waals surface area contributed by atoms with Crippen molar-refractivity contribution in [2.45, 2.75) is 13.8 Å². The number of aromatic nitrogens is 2. The quantitative estimate of drug-likeness (QED) is 0.744. The Morgan fingerprint density at radius 1 is 1.12 bits per heavy atom. The summed E-state index contributed by atoms with van der Waals surface area (Å²) in [6, 6.07) is 13.7. The number of amides is 1. The molecule has 0 spiro atoms. The number of nitrogens with zero attached hydrogens (tertiary/aromatic N) is 3. The summed E-state index contributed by atoms with van der Waals surface area (Å²) in [6.07, 6.45) is 2.92. The maximum Gasteiger partial charge on any atom is 0.278 e. The van der Waals surface area contributed by atoms with E-state index in [0.717, 1.165) is 11.3 Å². The van der Waals surface area contributed by atoms with Gasteiger partial charge in [-0.05, 0) is 55.8 Å². The third-order valence-corrected chi connectivity index (χ3v) is 3.86. The molecule has 6 heteroatoms. The second-order valence-corrected chi connectivity index (χ2v) is 5.81. The SMILES string of the molecule is CCN(C(=O)c1cnc(Nc2ccc(F)cc2)cn1)c1cccc(C)c1. The molecule has 0 bridgehead atoms. The molecule has 0 aliphatic rings. The maximum absolute atomic E-state index is 12.9. The Labute approximate surface area is 151 Å². The van der Waals surface area contributed by atoms with Gasteiger partial charge in [0.25, 0.3) is 5.91 Å². The van der Waals surface area contributed by atoms with Gasteiger partial charge in [-0.1, -0.05) is 12.1 Å². The first-order valence-electron chi connectivity index (χ1n) is 8.30. The van der Waals surface area contributed by atoms with E-state index in [4.69, 9.17) is 0 Å². The molecule has 0 atom stereocenters. The van der Waals surface area contributed by atoms with Crippen molar-refractivity contribution in [1.82, 2.24) is 9.97 Å². The largest absolute Gasteiger partial charge is 0.339 e. The third kappa shape index (κ3) is 4.03. The molecule has 132 valence electrons. The van der Waals surface area contributed by atoms with Crippen LogP contribution in [0.4, 0.5) is 21.6 Å². The van der Waals surface area contributed by atoms with E-state index < -0.39 is 0 Å². The fourth-order valence-electron chi connectivity index (χ4n) is 2.56. The van der Waals surface area contributed by atoms with Gasteiger partial charge in [0.05, 0.1) is 12.4 Å². The molecule has 2 aromatic carbocycles. The van der Waals surface area contributed by atoms with Crippen molar-refractivity contribution in [1.29, 1.82) is 0 Å². The van der Waals surface area contributed by atoms with Gasteiger partial charge in [-0.2, -0.15) is 0 Å². The van der Waals surface area contributed by atoms with Crippen LogP contribution < -0.4 is 10.2 Å². The van der Waals surface area contributed by atoms with E-state index in [9.17, 15) is 9.18 Å². The van der Waals surface area contributed by atoms with Gasteiger partial charge in [0.1, 0.15) is 17.3 Å². The van der Waals surface area contributed by atoms with E-state index in [1.54, 1.807) is 17.0 Å². The second kappa shape index (κ2) is 7.74. The fourth-order valence-corrected chi connectivity index (χ4v) is 2.56. The van der Waals surface area contributed by atoms with Gasteiger partial charge in [0, 0.05) is 17.9 Å². The molecule has 0 unspecified atom stereocenters. The monoisotopic (exact) mass is 350 g/mol.